The maximum Gasteiger partial charge on any atom is 0.205 e. The van der Waals surface area contributed by atoms with E-state index in [1.165, 1.54) is 17.7 Å². The lowest BCUT2D eigenvalue weighted by atomic mass is 10.2. The van der Waals surface area contributed by atoms with Gasteiger partial charge < -0.3 is 10.3 Å². The minimum Gasteiger partial charge on any atom is -0.326 e. The Labute approximate surface area is 116 Å². The van der Waals surface area contributed by atoms with Crippen molar-refractivity contribution in [1.82, 2.24) is 9.97 Å². The van der Waals surface area contributed by atoms with Gasteiger partial charge in [0.05, 0.1) is 11.9 Å². The molecule has 0 saturated heterocycles. The summed E-state index contributed by atoms with van der Waals surface area (Å²) in [5.74, 6) is 0.416. The number of aromatic nitrogens is 2. The smallest absolute Gasteiger partial charge is 0.205 e. The van der Waals surface area contributed by atoms with Gasteiger partial charge in [-0.25, -0.2) is 9.37 Å². The summed E-state index contributed by atoms with van der Waals surface area (Å²) in [5.41, 5.74) is 3.92. The lowest BCUT2D eigenvalue weighted by molar-refractivity contribution is 0.628. The van der Waals surface area contributed by atoms with E-state index in [2.05, 4.69) is 15.3 Å². The van der Waals surface area contributed by atoms with E-state index in [9.17, 15) is 4.39 Å². The van der Waals surface area contributed by atoms with Gasteiger partial charge in [-0.05, 0) is 48.9 Å². The van der Waals surface area contributed by atoms with Crippen molar-refractivity contribution in [1.29, 1.82) is 0 Å². The van der Waals surface area contributed by atoms with Crippen molar-refractivity contribution < 1.29 is 4.39 Å². The molecule has 0 amide bonds. The van der Waals surface area contributed by atoms with Crippen molar-refractivity contribution >= 4 is 11.6 Å². The molecule has 0 aliphatic rings. The molecule has 4 heteroatoms. The first-order valence-corrected chi connectivity index (χ1v) is 6.35. The lowest BCUT2D eigenvalue weighted by Crippen LogP contribution is -1.92. The number of nitrogens with zero attached hydrogens (tertiary/aromatic N) is 1. The van der Waals surface area contributed by atoms with E-state index in [-0.39, 0.29) is 5.82 Å². The number of hydrogen-bond acceptors (Lipinski definition) is 2. The maximum absolute atomic E-state index is 12.9. The number of benzene rings is 2. The molecular weight excluding hydrogens is 253 g/mol. The van der Waals surface area contributed by atoms with Crippen LogP contribution in [0, 0.1) is 12.7 Å². The Hall–Kier alpha value is -2.62. The SMILES string of the molecule is Cc1ccc(Nc2ncc(-c3ccc(F)cc3)[nH]2)cc1. The third-order valence-corrected chi connectivity index (χ3v) is 3.05. The number of hydrogen-bond donors (Lipinski definition) is 2. The average molecular weight is 267 g/mol. The standard InChI is InChI=1S/C16H14FN3/c1-11-2-8-14(9-3-11)19-16-18-10-15(20-16)12-4-6-13(17)7-5-12/h2-10H,1H3,(H2,18,19,20). The topological polar surface area (TPSA) is 40.7 Å². The van der Waals surface area contributed by atoms with Crippen molar-refractivity contribution in [3.05, 3.63) is 66.1 Å². The van der Waals surface area contributed by atoms with Crippen molar-refractivity contribution in [3.8, 4) is 11.3 Å². The highest BCUT2D eigenvalue weighted by Crippen LogP contribution is 2.21. The number of aryl methyl sites for hydroxylation is 1. The van der Waals surface area contributed by atoms with Crippen LogP contribution >= 0.6 is 0 Å². The van der Waals surface area contributed by atoms with Gasteiger partial charge in [0.1, 0.15) is 5.82 Å². The zero-order chi connectivity index (χ0) is 13.9. The Bertz CT molecular complexity index is 699. The Morgan fingerprint density at radius 1 is 1.00 bits per heavy atom. The summed E-state index contributed by atoms with van der Waals surface area (Å²) in [6.07, 6.45) is 1.73. The summed E-state index contributed by atoms with van der Waals surface area (Å²) in [4.78, 5) is 7.44. The number of halogens is 1. The second-order valence-electron chi connectivity index (χ2n) is 4.64. The van der Waals surface area contributed by atoms with Crippen LogP contribution in [0.5, 0.6) is 0 Å². The quantitative estimate of drug-likeness (QED) is 0.744. The number of anilines is 2. The predicted octanol–water partition coefficient (Wildman–Crippen LogP) is 4.27. The highest BCUT2D eigenvalue weighted by molar-refractivity contribution is 5.62. The van der Waals surface area contributed by atoms with Crippen molar-refractivity contribution in [2.24, 2.45) is 0 Å². The van der Waals surface area contributed by atoms with E-state index in [0.717, 1.165) is 16.9 Å². The van der Waals surface area contributed by atoms with E-state index >= 15 is 0 Å². The summed E-state index contributed by atoms with van der Waals surface area (Å²) in [7, 11) is 0. The minimum absolute atomic E-state index is 0.244. The molecule has 2 aromatic carbocycles. The van der Waals surface area contributed by atoms with Gasteiger partial charge in [-0.1, -0.05) is 17.7 Å². The zero-order valence-electron chi connectivity index (χ0n) is 11.0. The van der Waals surface area contributed by atoms with Crippen LogP contribution in [0.15, 0.2) is 54.7 Å². The Kier molecular flexibility index (Phi) is 3.21. The van der Waals surface area contributed by atoms with Gasteiger partial charge in [0, 0.05) is 5.69 Å². The number of nitrogens with one attached hydrogen (secondary N) is 2. The third-order valence-electron chi connectivity index (χ3n) is 3.05. The molecule has 0 saturated carbocycles. The summed E-state index contributed by atoms with van der Waals surface area (Å²) in [6.45, 7) is 2.04. The highest BCUT2D eigenvalue weighted by Gasteiger charge is 2.03. The molecule has 0 fully saturated rings. The van der Waals surface area contributed by atoms with Gasteiger partial charge in [-0.3, -0.25) is 0 Å². The van der Waals surface area contributed by atoms with Crippen LogP contribution in [0.25, 0.3) is 11.3 Å². The van der Waals surface area contributed by atoms with Crippen LogP contribution in [-0.4, -0.2) is 9.97 Å². The lowest BCUT2D eigenvalue weighted by Gasteiger charge is -2.03. The normalized spacial score (nSPS) is 10.5. The minimum atomic E-state index is -0.244. The fourth-order valence-electron chi connectivity index (χ4n) is 1.93. The molecule has 100 valence electrons. The first kappa shape index (κ1) is 12.4. The van der Waals surface area contributed by atoms with Crippen LogP contribution in [0.1, 0.15) is 5.56 Å². The predicted molar refractivity (Wildman–Crippen MR) is 78.4 cm³/mol. The second-order valence-corrected chi connectivity index (χ2v) is 4.64. The summed E-state index contributed by atoms with van der Waals surface area (Å²) < 4.78 is 12.9. The summed E-state index contributed by atoms with van der Waals surface area (Å²) in [5, 5.41) is 3.19. The Morgan fingerprint density at radius 2 is 1.70 bits per heavy atom. The summed E-state index contributed by atoms with van der Waals surface area (Å²) >= 11 is 0. The van der Waals surface area contributed by atoms with Crippen LogP contribution in [0.3, 0.4) is 0 Å². The van der Waals surface area contributed by atoms with E-state index in [4.69, 9.17) is 0 Å². The van der Waals surface area contributed by atoms with Gasteiger partial charge in [-0.15, -0.1) is 0 Å². The largest absolute Gasteiger partial charge is 0.326 e. The molecule has 0 aliphatic heterocycles. The fourth-order valence-corrected chi connectivity index (χ4v) is 1.93. The van der Waals surface area contributed by atoms with Gasteiger partial charge in [0.2, 0.25) is 5.95 Å². The number of rotatable bonds is 3. The third kappa shape index (κ3) is 2.69. The van der Waals surface area contributed by atoms with Gasteiger partial charge >= 0.3 is 0 Å². The number of aromatic amines is 1. The zero-order valence-corrected chi connectivity index (χ0v) is 11.0. The Morgan fingerprint density at radius 3 is 2.40 bits per heavy atom. The van der Waals surface area contributed by atoms with E-state index in [1.54, 1.807) is 18.3 Å². The average Bonchev–Trinajstić information content (AvgIpc) is 2.91. The van der Waals surface area contributed by atoms with E-state index in [1.807, 2.05) is 31.2 Å². The molecule has 0 atom stereocenters. The Balaban J connectivity index is 1.80. The molecular formula is C16H14FN3. The van der Waals surface area contributed by atoms with Crippen LogP contribution < -0.4 is 5.32 Å². The molecule has 0 spiro atoms. The van der Waals surface area contributed by atoms with Crippen molar-refractivity contribution in [3.63, 3.8) is 0 Å². The highest BCUT2D eigenvalue weighted by atomic mass is 19.1. The molecule has 1 aromatic heterocycles. The van der Waals surface area contributed by atoms with Crippen LogP contribution in [0.2, 0.25) is 0 Å². The maximum atomic E-state index is 12.9. The first-order valence-electron chi connectivity index (χ1n) is 6.35. The van der Waals surface area contributed by atoms with Crippen LogP contribution in [0.4, 0.5) is 16.0 Å². The molecule has 1 heterocycles. The van der Waals surface area contributed by atoms with Crippen LogP contribution in [-0.2, 0) is 0 Å². The van der Waals surface area contributed by atoms with Crippen molar-refractivity contribution in [2.75, 3.05) is 5.32 Å². The second kappa shape index (κ2) is 5.17. The molecule has 3 nitrogen and oxygen atoms in total. The molecule has 3 aromatic rings. The molecule has 0 unspecified atom stereocenters. The monoisotopic (exact) mass is 267 g/mol. The van der Waals surface area contributed by atoms with E-state index in [0.29, 0.717) is 5.95 Å². The number of H-pyrrole nitrogens is 1. The first-order chi connectivity index (χ1) is 9.70. The van der Waals surface area contributed by atoms with E-state index < -0.39 is 0 Å². The van der Waals surface area contributed by atoms with Gasteiger partial charge in [-0.2, -0.15) is 0 Å². The molecule has 3 rings (SSSR count). The molecule has 0 aliphatic carbocycles. The van der Waals surface area contributed by atoms with Gasteiger partial charge in [0.15, 0.2) is 0 Å². The fraction of sp³-hybridized carbons (Fsp3) is 0.0625. The summed E-state index contributed by atoms with van der Waals surface area (Å²) in [6, 6.07) is 14.4. The molecule has 0 radical (unpaired) electrons. The molecule has 20 heavy (non-hydrogen) atoms. The molecule has 0 bridgehead atoms. The van der Waals surface area contributed by atoms with Crippen molar-refractivity contribution in [2.45, 2.75) is 6.92 Å². The number of imidazole rings is 1. The molecule has 2 N–H and O–H groups in total. The van der Waals surface area contributed by atoms with Gasteiger partial charge in [0.25, 0.3) is 0 Å².